The van der Waals surface area contributed by atoms with Gasteiger partial charge in [-0.1, -0.05) is 30.3 Å². The molecule has 0 N–H and O–H groups in total. The first-order valence-corrected chi connectivity index (χ1v) is 7.93. The summed E-state index contributed by atoms with van der Waals surface area (Å²) in [4.78, 5) is 7.24. The number of hydrogen-bond donors (Lipinski definition) is 0. The molecule has 3 heteroatoms. The Kier molecular flexibility index (Phi) is 2.75. The summed E-state index contributed by atoms with van der Waals surface area (Å²) < 4.78 is 0.405. The van der Waals surface area contributed by atoms with Crippen molar-refractivity contribution in [2.24, 2.45) is 4.99 Å². The first-order chi connectivity index (χ1) is 9.40. The highest BCUT2D eigenvalue weighted by atomic mass is 32.2. The Morgan fingerprint density at radius 1 is 0.842 bits per heavy atom. The third-order valence-corrected chi connectivity index (χ3v) is 5.97. The number of nitrogens with zero attached hydrogens (tertiary/aromatic N) is 1. The summed E-state index contributed by atoms with van der Waals surface area (Å²) in [6.45, 7) is 0. The Hall–Kier alpha value is -1.45. The van der Waals surface area contributed by atoms with Crippen molar-refractivity contribution in [3.63, 3.8) is 0 Å². The van der Waals surface area contributed by atoms with Crippen molar-refractivity contribution in [2.45, 2.75) is 14.4 Å². The van der Waals surface area contributed by atoms with Crippen molar-refractivity contribution < 1.29 is 0 Å². The lowest BCUT2D eigenvalue weighted by Crippen LogP contribution is -2.06. The van der Waals surface area contributed by atoms with E-state index in [1.165, 1.54) is 20.9 Å². The standard InChI is InChI=1S/C16H11NS2/c1-3-7-14-11(5-1)9-12-10-17-13-6-2-4-8-15(13)19-16(12)18-14/h1-10,16H. The van der Waals surface area contributed by atoms with Crippen molar-refractivity contribution in [3.05, 3.63) is 59.7 Å². The first kappa shape index (κ1) is 11.4. The van der Waals surface area contributed by atoms with Crippen LogP contribution in [0, 0.1) is 0 Å². The fourth-order valence-electron chi connectivity index (χ4n) is 2.25. The van der Waals surface area contributed by atoms with Gasteiger partial charge in [0.1, 0.15) is 0 Å². The molecule has 2 aliphatic rings. The molecule has 1 atom stereocenters. The zero-order valence-electron chi connectivity index (χ0n) is 10.1. The van der Waals surface area contributed by atoms with Crippen molar-refractivity contribution in [1.82, 2.24) is 0 Å². The molecule has 19 heavy (non-hydrogen) atoms. The molecule has 92 valence electrons. The minimum absolute atomic E-state index is 0.405. The molecule has 0 saturated carbocycles. The van der Waals surface area contributed by atoms with Gasteiger partial charge in [-0.15, -0.1) is 23.5 Å². The normalized spacial score (nSPS) is 19.8. The summed E-state index contributed by atoms with van der Waals surface area (Å²) in [5, 5.41) is 0. The second-order valence-electron chi connectivity index (χ2n) is 4.48. The number of benzene rings is 2. The van der Waals surface area contributed by atoms with Crippen molar-refractivity contribution in [3.8, 4) is 0 Å². The van der Waals surface area contributed by atoms with Crippen LogP contribution in [0.25, 0.3) is 6.08 Å². The highest BCUT2D eigenvalue weighted by molar-refractivity contribution is 8.17. The molecule has 0 fully saturated rings. The number of hydrogen-bond acceptors (Lipinski definition) is 3. The third kappa shape index (κ3) is 2.03. The molecule has 1 nitrogen and oxygen atoms in total. The Morgan fingerprint density at radius 2 is 1.58 bits per heavy atom. The predicted octanol–water partition coefficient (Wildman–Crippen LogP) is 5.01. The maximum atomic E-state index is 4.62. The van der Waals surface area contributed by atoms with E-state index in [1.54, 1.807) is 0 Å². The monoisotopic (exact) mass is 281 g/mol. The quantitative estimate of drug-likeness (QED) is 0.673. The van der Waals surface area contributed by atoms with E-state index in [-0.39, 0.29) is 0 Å². The highest BCUT2D eigenvalue weighted by Crippen LogP contribution is 2.48. The van der Waals surface area contributed by atoms with E-state index in [1.807, 2.05) is 35.8 Å². The van der Waals surface area contributed by atoms with Gasteiger partial charge in [0.15, 0.2) is 0 Å². The minimum Gasteiger partial charge on any atom is -0.255 e. The Morgan fingerprint density at radius 3 is 2.53 bits per heavy atom. The van der Waals surface area contributed by atoms with Crippen molar-refractivity contribution in [2.75, 3.05) is 0 Å². The maximum absolute atomic E-state index is 4.62. The Balaban J connectivity index is 1.81. The zero-order chi connectivity index (χ0) is 12.7. The van der Waals surface area contributed by atoms with Gasteiger partial charge in [-0.25, -0.2) is 0 Å². The SMILES string of the molecule is C1=Nc2ccccc2SC2Sc3ccccc3C=C12. The second-order valence-corrected chi connectivity index (χ2v) is 7.07. The van der Waals surface area contributed by atoms with Crippen LogP contribution in [0.5, 0.6) is 0 Å². The topological polar surface area (TPSA) is 12.4 Å². The number of aliphatic imine (C=N–C) groups is 1. The van der Waals surface area contributed by atoms with Gasteiger partial charge in [-0.05, 0) is 35.4 Å². The Labute approximate surface area is 120 Å². The van der Waals surface area contributed by atoms with Crippen molar-refractivity contribution >= 4 is 41.5 Å². The maximum Gasteiger partial charge on any atom is 0.0861 e. The molecule has 0 aliphatic carbocycles. The molecule has 4 rings (SSSR count). The molecule has 0 aromatic heterocycles. The van der Waals surface area contributed by atoms with E-state index in [2.05, 4.69) is 53.5 Å². The first-order valence-electron chi connectivity index (χ1n) is 6.17. The summed E-state index contributed by atoms with van der Waals surface area (Å²) in [6, 6.07) is 16.9. The lowest BCUT2D eigenvalue weighted by Gasteiger charge is -2.21. The van der Waals surface area contributed by atoms with Gasteiger partial charge >= 0.3 is 0 Å². The van der Waals surface area contributed by atoms with Gasteiger partial charge in [0.05, 0.1) is 10.3 Å². The van der Waals surface area contributed by atoms with Crippen LogP contribution in [0.4, 0.5) is 5.69 Å². The number of fused-ring (bicyclic) bond motifs is 3. The molecule has 2 aliphatic heterocycles. The van der Waals surface area contributed by atoms with E-state index < -0.39 is 0 Å². The fraction of sp³-hybridized carbons (Fsp3) is 0.0625. The molecule has 1 unspecified atom stereocenters. The number of rotatable bonds is 0. The summed E-state index contributed by atoms with van der Waals surface area (Å²) in [6.07, 6.45) is 4.28. The molecule has 2 heterocycles. The average Bonchev–Trinajstić information content (AvgIpc) is 2.63. The van der Waals surface area contributed by atoms with Gasteiger partial charge in [0.2, 0.25) is 0 Å². The fourth-order valence-corrected chi connectivity index (χ4v) is 4.88. The molecule has 0 spiro atoms. The van der Waals surface area contributed by atoms with Gasteiger partial charge in [0.25, 0.3) is 0 Å². The molecule has 0 amide bonds. The smallest absolute Gasteiger partial charge is 0.0861 e. The van der Waals surface area contributed by atoms with Gasteiger partial charge in [-0.2, -0.15) is 0 Å². The van der Waals surface area contributed by atoms with Crippen LogP contribution in [-0.4, -0.2) is 10.8 Å². The molecule has 0 radical (unpaired) electrons. The van der Waals surface area contributed by atoms with E-state index >= 15 is 0 Å². The highest BCUT2D eigenvalue weighted by Gasteiger charge is 2.24. The molecular formula is C16H11NS2. The van der Waals surface area contributed by atoms with Crippen LogP contribution >= 0.6 is 23.5 Å². The average molecular weight is 281 g/mol. The third-order valence-electron chi connectivity index (χ3n) is 3.20. The summed E-state index contributed by atoms with van der Waals surface area (Å²) in [5.41, 5.74) is 3.68. The summed E-state index contributed by atoms with van der Waals surface area (Å²) >= 11 is 3.82. The zero-order valence-corrected chi connectivity index (χ0v) is 11.7. The van der Waals surface area contributed by atoms with E-state index in [9.17, 15) is 0 Å². The largest absolute Gasteiger partial charge is 0.255 e. The van der Waals surface area contributed by atoms with Crippen LogP contribution in [0.15, 0.2) is 68.9 Å². The van der Waals surface area contributed by atoms with Crippen LogP contribution in [0.2, 0.25) is 0 Å². The second kappa shape index (κ2) is 4.58. The van der Waals surface area contributed by atoms with Gasteiger partial charge < -0.3 is 0 Å². The van der Waals surface area contributed by atoms with Gasteiger partial charge in [-0.3, -0.25) is 4.99 Å². The van der Waals surface area contributed by atoms with Crippen LogP contribution in [0.1, 0.15) is 5.56 Å². The lowest BCUT2D eigenvalue weighted by molar-refractivity contribution is 1.37. The van der Waals surface area contributed by atoms with Crippen LogP contribution in [0.3, 0.4) is 0 Å². The van der Waals surface area contributed by atoms with E-state index in [0.717, 1.165) is 5.69 Å². The van der Waals surface area contributed by atoms with Crippen LogP contribution < -0.4 is 0 Å². The van der Waals surface area contributed by atoms with Crippen molar-refractivity contribution in [1.29, 1.82) is 0 Å². The predicted molar refractivity (Wildman–Crippen MR) is 84.5 cm³/mol. The van der Waals surface area contributed by atoms with Crippen LogP contribution in [-0.2, 0) is 0 Å². The number of para-hydroxylation sites is 1. The molecule has 0 bridgehead atoms. The lowest BCUT2D eigenvalue weighted by atomic mass is 10.1. The number of thioether (sulfide) groups is 2. The van der Waals surface area contributed by atoms with E-state index in [0.29, 0.717) is 4.58 Å². The summed E-state index contributed by atoms with van der Waals surface area (Å²) in [7, 11) is 0. The molecular weight excluding hydrogens is 270 g/mol. The van der Waals surface area contributed by atoms with Gasteiger partial charge in [0, 0.05) is 16.0 Å². The molecule has 2 aromatic carbocycles. The van der Waals surface area contributed by atoms with E-state index in [4.69, 9.17) is 0 Å². The molecule has 2 aromatic rings. The summed E-state index contributed by atoms with van der Waals surface area (Å²) in [5.74, 6) is 0. The Bertz CT molecular complexity index is 703. The molecule has 0 saturated heterocycles. The minimum atomic E-state index is 0.405.